The second-order valence-corrected chi connectivity index (χ2v) is 7.51. The van der Waals surface area contributed by atoms with Gasteiger partial charge in [0.05, 0.1) is 9.40 Å². The number of nitro groups is 1. The van der Waals surface area contributed by atoms with Crippen molar-refractivity contribution in [2.75, 3.05) is 0 Å². The van der Waals surface area contributed by atoms with Crippen molar-refractivity contribution in [3.8, 4) is 5.75 Å². The third-order valence-corrected chi connectivity index (χ3v) is 4.57. The van der Waals surface area contributed by atoms with E-state index in [2.05, 4.69) is 15.9 Å². The van der Waals surface area contributed by atoms with Crippen LogP contribution in [0.3, 0.4) is 0 Å². The molecule has 0 bridgehead atoms. The first-order valence-electron chi connectivity index (χ1n) is 7.21. The van der Waals surface area contributed by atoms with Crippen molar-refractivity contribution in [2.24, 2.45) is 5.41 Å². The van der Waals surface area contributed by atoms with Crippen LogP contribution in [0.2, 0.25) is 0 Å². The summed E-state index contributed by atoms with van der Waals surface area (Å²) in [5.74, 6) is -3.68. The number of carbonyl (C=O) groups is 2. The number of halogens is 1. The monoisotopic (exact) mass is 413 g/mol. The Morgan fingerprint density at radius 1 is 1.24 bits per heavy atom. The highest BCUT2D eigenvalue weighted by Crippen LogP contribution is 2.40. The Kier molecular flexibility index (Phi) is 4.65. The standard InChI is InChI=1S/C16H16BrNO7/c1-15(2,3)16(4)24-13(20)10(14(21)25-16)6-8-5-9(18(22)23)7-11(17)12(8)19/h5-7,19H,1-4H3. The fourth-order valence-corrected chi connectivity index (χ4v) is 2.43. The summed E-state index contributed by atoms with van der Waals surface area (Å²) in [6, 6.07) is 2.14. The second kappa shape index (κ2) is 6.14. The number of ether oxygens (including phenoxy) is 2. The van der Waals surface area contributed by atoms with Gasteiger partial charge in [0, 0.05) is 30.0 Å². The number of nitrogens with zero attached hydrogens (tertiary/aromatic N) is 1. The number of aromatic hydroxyl groups is 1. The lowest BCUT2D eigenvalue weighted by Crippen LogP contribution is -2.52. The molecule has 0 spiro atoms. The fourth-order valence-electron chi connectivity index (χ4n) is 1.97. The maximum absolute atomic E-state index is 12.3. The van der Waals surface area contributed by atoms with E-state index in [1.807, 2.05) is 0 Å². The molecule has 0 aromatic heterocycles. The summed E-state index contributed by atoms with van der Waals surface area (Å²) < 4.78 is 10.6. The topological polar surface area (TPSA) is 116 Å². The van der Waals surface area contributed by atoms with E-state index in [1.165, 1.54) is 6.92 Å². The van der Waals surface area contributed by atoms with Crippen LogP contribution in [0.5, 0.6) is 5.75 Å². The Balaban J connectivity index is 2.49. The lowest BCUT2D eigenvalue weighted by molar-refractivity contribution is -0.385. The van der Waals surface area contributed by atoms with Crippen molar-refractivity contribution >= 4 is 39.6 Å². The van der Waals surface area contributed by atoms with Gasteiger partial charge in [-0.15, -0.1) is 0 Å². The fraction of sp³-hybridized carbons (Fsp3) is 0.375. The number of hydrogen-bond acceptors (Lipinski definition) is 7. The summed E-state index contributed by atoms with van der Waals surface area (Å²) in [5.41, 5.74) is -1.55. The maximum Gasteiger partial charge on any atom is 0.348 e. The molecular formula is C16H16BrNO7. The van der Waals surface area contributed by atoms with Crippen molar-refractivity contribution < 1.29 is 29.1 Å². The van der Waals surface area contributed by atoms with Crippen molar-refractivity contribution in [1.82, 2.24) is 0 Å². The minimum absolute atomic E-state index is 0.0469. The highest BCUT2D eigenvalue weighted by Gasteiger charge is 2.50. The van der Waals surface area contributed by atoms with Gasteiger partial charge >= 0.3 is 11.9 Å². The van der Waals surface area contributed by atoms with Crippen LogP contribution < -0.4 is 0 Å². The molecule has 0 radical (unpaired) electrons. The normalized spacial score (nSPS) is 20.8. The summed E-state index contributed by atoms with van der Waals surface area (Å²) >= 11 is 2.99. The van der Waals surface area contributed by atoms with Gasteiger partial charge in [0.25, 0.3) is 11.5 Å². The van der Waals surface area contributed by atoms with Gasteiger partial charge < -0.3 is 14.6 Å². The van der Waals surface area contributed by atoms with Crippen LogP contribution in [0.15, 0.2) is 22.2 Å². The van der Waals surface area contributed by atoms with Crippen LogP contribution in [0.4, 0.5) is 5.69 Å². The second-order valence-electron chi connectivity index (χ2n) is 6.66. The van der Waals surface area contributed by atoms with Gasteiger partial charge in [-0.1, -0.05) is 20.8 Å². The van der Waals surface area contributed by atoms with Crippen molar-refractivity contribution in [3.63, 3.8) is 0 Å². The van der Waals surface area contributed by atoms with Gasteiger partial charge in [-0.3, -0.25) is 10.1 Å². The number of esters is 2. The molecule has 1 aliphatic heterocycles. The summed E-state index contributed by atoms with van der Waals surface area (Å²) in [6.45, 7) is 6.70. The number of rotatable bonds is 2. The van der Waals surface area contributed by atoms with E-state index in [9.17, 15) is 24.8 Å². The molecule has 1 fully saturated rings. The van der Waals surface area contributed by atoms with Crippen molar-refractivity contribution in [3.05, 3.63) is 37.9 Å². The molecule has 0 aliphatic carbocycles. The number of phenols is 1. The van der Waals surface area contributed by atoms with E-state index < -0.39 is 33.6 Å². The van der Waals surface area contributed by atoms with E-state index >= 15 is 0 Å². The van der Waals surface area contributed by atoms with Gasteiger partial charge in [0.1, 0.15) is 11.3 Å². The Morgan fingerprint density at radius 2 is 1.76 bits per heavy atom. The number of cyclic esters (lactones) is 2. The number of non-ortho nitro benzene ring substituents is 1. The molecule has 1 aliphatic rings. The molecule has 1 aromatic rings. The third-order valence-electron chi connectivity index (χ3n) is 3.97. The number of nitro benzene ring substituents is 1. The molecule has 0 amide bonds. The molecule has 1 N–H and O–H groups in total. The number of carbonyl (C=O) groups excluding carboxylic acids is 2. The summed E-state index contributed by atoms with van der Waals surface area (Å²) in [4.78, 5) is 34.8. The Hall–Kier alpha value is -2.42. The molecule has 0 unspecified atom stereocenters. The van der Waals surface area contributed by atoms with E-state index in [4.69, 9.17) is 9.47 Å². The predicted molar refractivity (Wildman–Crippen MR) is 90.5 cm³/mol. The van der Waals surface area contributed by atoms with Crippen LogP contribution in [-0.2, 0) is 19.1 Å². The summed E-state index contributed by atoms with van der Waals surface area (Å²) in [7, 11) is 0. The molecule has 1 saturated heterocycles. The van der Waals surface area contributed by atoms with Crippen LogP contribution >= 0.6 is 15.9 Å². The van der Waals surface area contributed by atoms with E-state index in [0.717, 1.165) is 18.2 Å². The average Bonchev–Trinajstić information content (AvgIpc) is 2.45. The van der Waals surface area contributed by atoms with Gasteiger partial charge in [0.2, 0.25) is 0 Å². The van der Waals surface area contributed by atoms with Gasteiger partial charge in [0.15, 0.2) is 0 Å². The van der Waals surface area contributed by atoms with E-state index in [1.54, 1.807) is 20.8 Å². The third kappa shape index (κ3) is 3.51. The van der Waals surface area contributed by atoms with E-state index in [0.29, 0.717) is 0 Å². The van der Waals surface area contributed by atoms with Gasteiger partial charge in [-0.25, -0.2) is 9.59 Å². The summed E-state index contributed by atoms with van der Waals surface area (Å²) in [5, 5.41) is 21.0. The lowest BCUT2D eigenvalue weighted by Gasteiger charge is -2.42. The zero-order chi connectivity index (χ0) is 19.2. The van der Waals surface area contributed by atoms with E-state index in [-0.39, 0.29) is 21.5 Å². The molecule has 1 aromatic carbocycles. The quantitative estimate of drug-likeness (QED) is 0.260. The number of hydrogen-bond donors (Lipinski definition) is 1. The number of benzene rings is 1. The zero-order valence-corrected chi connectivity index (χ0v) is 15.5. The largest absolute Gasteiger partial charge is 0.506 e. The number of phenolic OH excluding ortho intramolecular Hbond substituents is 1. The van der Waals surface area contributed by atoms with Crippen molar-refractivity contribution in [1.29, 1.82) is 0 Å². The minimum Gasteiger partial charge on any atom is -0.506 e. The first-order chi connectivity index (χ1) is 11.4. The summed E-state index contributed by atoms with van der Waals surface area (Å²) in [6.07, 6.45) is 1.000. The average molecular weight is 414 g/mol. The maximum atomic E-state index is 12.3. The Morgan fingerprint density at radius 3 is 2.20 bits per heavy atom. The predicted octanol–water partition coefficient (Wildman–Crippen LogP) is 3.31. The molecule has 1 heterocycles. The lowest BCUT2D eigenvalue weighted by atomic mass is 9.85. The zero-order valence-electron chi connectivity index (χ0n) is 14.0. The van der Waals surface area contributed by atoms with Gasteiger partial charge in [-0.05, 0) is 22.0 Å². The highest BCUT2D eigenvalue weighted by molar-refractivity contribution is 9.10. The molecule has 2 rings (SSSR count). The molecule has 134 valence electrons. The van der Waals surface area contributed by atoms with Crippen LogP contribution in [-0.4, -0.2) is 27.8 Å². The highest BCUT2D eigenvalue weighted by atomic mass is 79.9. The molecule has 8 nitrogen and oxygen atoms in total. The molecule has 9 heteroatoms. The van der Waals surface area contributed by atoms with Crippen LogP contribution in [0.1, 0.15) is 33.3 Å². The van der Waals surface area contributed by atoms with Gasteiger partial charge in [-0.2, -0.15) is 0 Å². The van der Waals surface area contributed by atoms with Crippen LogP contribution in [0, 0.1) is 15.5 Å². The first-order valence-corrected chi connectivity index (χ1v) is 8.00. The first kappa shape index (κ1) is 18.9. The van der Waals surface area contributed by atoms with Crippen molar-refractivity contribution in [2.45, 2.75) is 33.5 Å². The SMILES string of the molecule is CC(C)(C)C1(C)OC(=O)C(=Cc2cc([N+](=O)[O-])cc(Br)c2O)C(=O)O1. The molecule has 25 heavy (non-hydrogen) atoms. The molecule has 0 atom stereocenters. The van der Waals surface area contributed by atoms with Crippen LogP contribution in [0.25, 0.3) is 6.08 Å². The smallest absolute Gasteiger partial charge is 0.348 e. The Bertz CT molecular complexity index is 787. The molecular weight excluding hydrogens is 398 g/mol. The minimum atomic E-state index is -1.45. The Labute approximate surface area is 151 Å². The molecule has 0 saturated carbocycles.